The lowest BCUT2D eigenvalue weighted by atomic mass is 10.2. The van der Waals surface area contributed by atoms with Gasteiger partial charge in [0.05, 0.1) is 12.3 Å². The summed E-state index contributed by atoms with van der Waals surface area (Å²) < 4.78 is 5.55. The summed E-state index contributed by atoms with van der Waals surface area (Å²) in [6.07, 6.45) is 0. The SMILES string of the molecule is Cc1ccc(N)c(OCC(C)C)c1. The number of nitrogens with two attached hydrogens (primary N) is 1. The molecule has 0 aliphatic rings. The minimum atomic E-state index is 0.528. The Kier molecular flexibility index (Phi) is 3.18. The summed E-state index contributed by atoms with van der Waals surface area (Å²) in [5.74, 6) is 1.33. The maximum atomic E-state index is 5.75. The third kappa shape index (κ3) is 2.98. The Balaban J connectivity index is 2.70. The average molecular weight is 179 g/mol. The van der Waals surface area contributed by atoms with Crippen LogP contribution in [0.5, 0.6) is 5.75 Å². The van der Waals surface area contributed by atoms with Crippen molar-refractivity contribution in [1.82, 2.24) is 0 Å². The second-order valence-electron chi connectivity index (χ2n) is 3.75. The molecule has 0 spiro atoms. The number of nitrogen functional groups attached to an aromatic ring is 1. The van der Waals surface area contributed by atoms with E-state index in [9.17, 15) is 0 Å². The number of hydrogen-bond donors (Lipinski definition) is 1. The lowest BCUT2D eigenvalue weighted by molar-refractivity contribution is 0.272. The Morgan fingerprint density at radius 2 is 2.08 bits per heavy atom. The van der Waals surface area contributed by atoms with E-state index >= 15 is 0 Å². The van der Waals surface area contributed by atoms with Crippen molar-refractivity contribution in [1.29, 1.82) is 0 Å². The molecule has 0 unspecified atom stereocenters. The third-order valence-corrected chi connectivity index (χ3v) is 1.74. The molecule has 0 amide bonds. The third-order valence-electron chi connectivity index (χ3n) is 1.74. The maximum Gasteiger partial charge on any atom is 0.142 e. The zero-order valence-corrected chi connectivity index (χ0v) is 8.50. The minimum Gasteiger partial charge on any atom is -0.491 e. The number of rotatable bonds is 3. The van der Waals surface area contributed by atoms with E-state index in [0.29, 0.717) is 18.2 Å². The van der Waals surface area contributed by atoms with Crippen LogP contribution in [-0.4, -0.2) is 6.61 Å². The predicted octanol–water partition coefficient (Wildman–Crippen LogP) is 2.61. The summed E-state index contributed by atoms with van der Waals surface area (Å²) in [4.78, 5) is 0. The first-order valence-electron chi connectivity index (χ1n) is 4.58. The number of anilines is 1. The van der Waals surface area contributed by atoms with Gasteiger partial charge in [-0.15, -0.1) is 0 Å². The zero-order chi connectivity index (χ0) is 9.84. The molecule has 0 bridgehead atoms. The van der Waals surface area contributed by atoms with Gasteiger partial charge in [-0.05, 0) is 30.5 Å². The molecule has 0 fully saturated rings. The second-order valence-corrected chi connectivity index (χ2v) is 3.75. The van der Waals surface area contributed by atoms with E-state index in [1.807, 2.05) is 25.1 Å². The van der Waals surface area contributed by atoms with Gasteiger partial charge in [0.15, 0.2) is 0 Å². The van der Waals surface area contributed by atoms with Crippen LogP contribution in [0.3, 0.4) is 0 Å². The summed E-state index contributed by atoms with van der Waals surface area (Å²) in [7, 11) is 0. The summed E-state index contributed by atoms with van der Waals surface area (Å²) in [6.45, 7) is 6.98. The van der Waals surface area contributed by atoms with E-state index < -0.39 is 0 Å². The molecule has 1 aromatic rings. The molecule has 1 aromatic carbocycles. The lowest BCUT2D eigenvalue weighted by Crippen LogP contribution is -2.06. The van der Waals surface area contributed by atoms with Gasteiger partial charge in [-0.25, -0.2) is 0 Å². The molecule has 0 radical (unpaired) electrons. The highest BCUT2D eigenvalue weighted by Crippen LogP contribution is 2.22. The molecule has 0 atom stereocenters. The van der Waals surface area contributed by atoms with E-state index in [2.05, 4.69) is 13.8 Å². The summed E-state index contributed by atoms with van der Waals surface area (Å²) in [6, 6.07) is 5.83. The second kappa shape index (κ2) is 4.17. The molecule has 0 aliphatic carbocycles. The van der Waals surface area contributed by atoms with E-state index in [-0.39, 0.29) is 0 Å². The quantitative estimate of drug-likeness (QED) is 0.724. The fourth-order valence-corrected chi connectivity index (χ4v) is 1.02. The first-order chi connectivity index (χ1) is 6.09. The van der Waals surface area contributed by atoms with Crippen molar-refractivity contribution < 1.29 is 4.74 Å². The van der Waals surface area contributed by atoms with Crippen LogP contribution in [-0.2, 0) is 0 Å². The fourth-order valence-electron chi connectivity index (χ4n) is 1.02. The Hall–Kier alpha value is -1.18. The molecule has 0 saturated heterocycles. The van der Waals surface area contributed by atoms with Gasteiger partial charge < -0.3 is 10.5 Å². The Labute approximate surface area is 79.7 Å². The van der Waals surface area contributed by atoms with Gasteiger partial charge in [-0.1, -0.05) is 19.9 Å². The van der Waals surface area contributed by atoms with Gasteiger partial charge in [0.25, 0.3) is 0 Å². The van der Waals surface area contributed by atoms with E-state index in [1.54, 1.807) is 0 Å². The normalized spacial score (nSPS) is 10.5. The van der Waals surface area contributed by atoms with Crippen molar-refractivity contribution in [2.24, 2.45) is 5.92 Å². The smallest absolute Gasteiger partial charge is 0.142 e. The van der Waals surface area contributed by atoms with Crippen LogP contribution < -0.4 is 10.5 Å². The topological polar surface area (TPSA) is 35.2 Å². The number of hydrogen-bond acceptors (Lipinski definition) is 2. The average Bonchev–Trinajstić information content (AvgIpc) is 2.06. The van der Waals surface area contributed by atoms with Gasteiger partial charge >= 0.3 is 0 Å². The highest BCUT2D eigenvalue weighted by molar-refractivity contribution is 5.53. The first-order valence-corrected chi connectivity index (χ1v) is 4.58. The molecule has 2 nitrogen and oxygen atoms in total. The Bertz CT molecular complexity index is 281. The summed E-state index contributed by atoms with van der Waals surface area (Å²) >= 11 is 0. The first kappa shape index (κ1) is 9.90. The molecular weight excluding hydrogens is 162 g/mol. The minimum absolute atomic E-state index is 0.528. The highest BCUT2D eigenvalue weighted by atomic mass is 16.5. The Morgan fingerprint density at radius 1 is 1.38 bits per heavy atom. The zero-order valence-electron chi connectivity index (χ0n) is 8.50. The molecule has 2 heteroatoms. The fraction of sp³-hybridized carbons (Fsp3) is 0.455. The number of benzene rings is 1. The van der Waals surface area contributed by atoms with Crippen LogP contribution >= 0.6 is 0 Å². The molecule has 0 saturated carbocycles. The maximum absolute atomic E-state index is 5.75. The predicted molar refractivity (Wildman–Crippen MR) is 55.9 cm³/mol. The molecule has 0 heterocycles. The van der Waals surface area contributed by atoms with Crippen molar-refractivity contribution >= 4 is 5.69 Å². The monoisotopic (exact) mass is 179 g/mol. The van der Waals surface area contributed by atoms with E-state index in [4.69, 9.17) is 10.5 Å². The van der Waals surface area contributed by atoms with Crippen molar-refractivity contribution in [2.45, 2.75) is 20.8 Å². The van der Waals surface area contributed by atoms with Gasteiger partial charge in [0.1, 0.15) is 5.75 Å². The largest absolute Gasteiger partial charge is 0.491 e. The highest BCUT2D eigenvalue weighted by Gasteiger charge is 2.01. The van der Waals surface area contributed by atoms with Crippen LogP contribution in [0, 0.1) is 12.8 Å². The molecule has 13 heavy (non-hydrogen) atoms. The van der Waals surface area contributed by atoms with Crippen molar-refractivity contribution in [3.8, 4) is 5.75 Å². The number of ether oxygens (including phenoxy) is 1. The van der Waals surface area contributed by atoms with Crippen molar-refractivity contribution in [3.05, 3.63) is 23.8 Å². The Morgan fingerprint density at radius 3 is 2.69 bits per heavy atom. The van der Waals surface area contributed by atoms with Gasteiger partial charge in [-0.2, -0.15) is 0 Å². The number of aryl methyl sites for hydroxylation is 1. The standard InChI is InChI=1S/C11H17NO/c1-8(2)7-13-11-6-9(3)4-5-10(11)12/h4-6,8H,7,12H2,1-3H3. The van der Waals surface area contributed by atoms with Crippen LogP contribution in [0.4, 0.5) is 5.69 Å². The van der Waals surface area contributed by atoms with Gasteiger partial charge in [0.2, 0.25) is 0 Å². The van der Waals surface area contributed by atoms with E-state index in [1.165, 1.54) is 5.56 Å². The van der Waals surface area contributed by atoms with Crippen LogP contribution in [0.2, 0.25) is 0 Å². The summed E-state index contributed by atoms with van der Waals surface area (Å²) in [5.41, 5.74) is 7.64. The van der Waals surface area contributed by atoms with Crippen LogP contribution in [0.1, 0.15) is 19.4 Å². The lowest BCUT2D eigenvalue weighted by Gasteiger charge is -2.11. The molecule has 1 rings (SSSR count). The van der Waals surface area contributed by atoms with Crippen molar-refractivity contribution in [3.63, 3.8) is 0 Å². The van der Waals surface area contributed by atoms with Gasteiger partial charge in [0, 0.05) is 0 Å². The van der Waals surface area contributed by atoms with Crippen LogP contribution in [0.15, 0.2) is 18.2 Å². The summed E-state index contributed by atoms with van der Waals surface area (Å²) in [5, 5.41) is 0. The molecule has 2 N–H and O–H groups in total. The van der Waals surface area contributed by atoms with Crippen LogP contribution in [0.25, 0.3) is 0 Å². The molecule has 0 aromatic heterocycles. The van der Waals surface area contributed by atoms with E-state index in [0.717, 1.165) is 5.75 Å². The molecular formula is C11H17NO. The molecule has 0 aliphatic heterocycles. The molecule has 72 valence electrons. The van der Waals surface area contributed by atoms with Crippen molar-refractivity contribution in [2.75, 3.05) is 12.3 Å². The van der Waals surface area contributed by atoms with Gasteiger partial charge in [-0.3, -0.25) is 0 Å².